The highest BCUT2D eigenvalue weighted by Crippen LogP contribution is 2.26. The molecule has 9 heavy (non-hydrogen) atoms. The molecule has 0 aliphatic heterocycles. The van der Waals surface area contributed by atoms with Gasteiger partial charge in [0.2, 0.25) is 0 Å². The van der Waals surface area contributed by atoms with E-state index in [-0.39, 0.29) is 0 Å². The monoisotopic (exact) mass is 150 g/mol. The number of hydrogen-bond donors (Lipinski definition) is 0. The standard InChI is InChI=1S/C4H9O4P/c1-3-4(2)8-9(5,6)7/h3-4H,1H2,2H3,(H2,5,6,7)/p-2. The second-order valence-corrected chi connectivity index (χ2v) is 2.60. The molecule has 0 N–H and O–H groups in total. The van der Waals surface area contributed by atoms with Crippen LogP contribution in [0.5, 0.6) is 0 Å². The maximum Gasteiger partial charge on any atom is 0.0777 e. The third-order valence-corrected chi connectivity index (χ3v) is 1.22. The zero-order valence-electron chi connectivity index (χ0n) is 4.94. The van der Waals surface area contributed by atoms with Gasteiger partial charge in [-0.3, -0.25) is 0 Å². The van der Waals surface area contributed by atoms with Gasteiger partial charge in [-0.25, -0.2) is 0 Å². The van der Waals surface area contributed by atoms with Crippen LogP contribution in [0.15, 0.2) is 12.7 Å². The summed E-state index contributed by atoms with van der Waals surface area (Å²) in [4.78, 5) is 19.6. The molecule has 0 saturated heterocycles. The number of phosphoric ester groups is 1. The summed E-state index contributed by atoms with van der Waals surface area (Å²) in [5.41, 5.74) is 0. The van der Waals surface area contributed by atoms with Gasteiger partial charge >= 0.3 is 0 Å². The van der Waals surface area contributed by atoms with Crippen molar-refractivity contribution in [1.29, 1.82) is 0 Å². The van der Waals surface area contributed by atoms with Crippen molar-refractivity contribution in [3.63, 3.8) is 0 Å². The van der Waals surface area contributed by atoms with Gasteiger partial charge in [0.05, 0.1) is 13.9 Å². The summed E-state index contributed by atoms with van der Waals surface area (Å²) < 4.78 is 13.7. The molecule has 0 rings (SSSR count). The molecule has 0 amide bonds. The fourth-order valence-corrected chi connectivity index (χ4v) is 0.740. The molecule has 0 spiro atoms. The van der Waals surface area contributed by atoms with E-state index in [1.807, 2.05) is 0 Å². The summed E-state index contributed by atoms with van der Waals surface area (Å²) in [6, 6.07) is 0. The minimum Gasteiger partial charge on any atom is -0.790 e. The molecule has 0 fully saturated rings. The lowest BCUT2D eigenvalue weighted by Gasteiger charge is -2.30. The smallest absolute Gasteiger partial charge is 0.0777 e. The van der Waals surface area contributed by atoms with Crippen LogP contribution >= 0.6 is 7.82 Å². The third kappa shape index (κ3) is 5.73. The van der Waals surface area contributed by atoms with Crippen LogP contribution in [0.3, 0.4) is 0 Å². The van der Waals surface area contributed by atoms with Gasteiger partial charge in [0.25, 0.3) is 0 Å². The Kier molecular flexibility index (Phi) is 3.08. The molecular formula is C4H7O4P-2. The van der Waals surface area contributed by atoms with Crippen molar-refractivity contribution >= 4 is 7.82 Å². The van der Waals surface area contributed by atoms with E-state index < -0.39 is 13.9 Å². The van der Waals surface area contributed by atoms with E-state index in [0.29, 0.717) is 0 Å². The Hall–Kier alpha value is -0.150. The number of hydrogen-bond acceptors (Lipinski definition) is 4. The van der Waals surface area contributed by atoms with E-state index >= 15 is 0 Å². The van der Waals surface area contributed by atoms with E-state index in [1.54, 1.807) is 0 Å². The van der Waals surface area contributed by atoms with E-state index in [0.717, 1.165) is 0 Å². The zero-order valence-corrected chi connectivity index (χ0v) is 5.84. The molecule has 0 aliphatic rings. The molecule has 0 aliphatic carbocycles. The van der Waals surface area contributed by atoms with Gasteiger partial charge in [0.15, 0.2) is 0 Å². The van der Waals surface area contributed by atoms with Crippen LogP contribution in [0.4, 0.5) is 0 Å². The lowest BCUT2D eigenvalue weighted by molar-refractivity contribution is -0.343. The van der Waals surface area contributed by atoms with Gasteiger partial charge in [-0.05, 0) is 6.92 Å². The molecule has 1 atom stereocenters. The average Bonchev–Trinajstić information content (AvgIpc) is 1.62. The quantitative estimate of drug-likeness (QED) is 0.398. The van der Waals surface area contributed by atoms with E-state index in [9.17, 15) is 14.4 Å². The van der Waals surface area contributed by atoms with Gasteiger partial charge in [-0.2, -0.15) is 0 Å². The van der Waals surface area contributed by atoms with Gasteiger partial charge in [-0.1, -0.05) is 6.08 Å². The Labute approximate surface area is 53.4 Å². The normalized spacial score (nSPS) is 15.0. The molecule has 0 aromatic carbocycles. The van der Waals surface area contributed by atoms with Crippen molar-refractivity contribution < 1.29 is 18.9 Å². The highest BCUT2D eigenvalue weighted by molar-refractivity contribution is 7.43. The first kappa shape index (κ1) is 8.85. The Bertz CT molecular complexity index is 138. The highest BCUT2D eigenvalue weighted by atomic mass is 31.2. The maximum atomic E-state index is 9.80. The summed E-state index contributed by atoms with van der Waals surface area (Å²) in [6.07, 6.45) is 0.494. The van der Waals surface area contributed by atoms with Crippen molar-refractivity contribution in [3.8, 4) is 0 Å². The van der Waals surface area contributed by atoms with Crippen LogP contribution in [0.2, 0.25) is 0 Å². The molecule has 0 bridgehead atoms. The Morgan fingerprint density at radius 3 is 2.33 bits per heavy atom. The second-order valence-electron chi connectivity index (χ2n) is 1.49. The molecule has 0 radical (unpaired) electrons. The first-order valence-electron chi connectivity index (χ1n) is 2.28. The summed E-state index contributed by atoms with van der Waals surface area (Å²) in [6.45, 7) is 4.63. The summed E-state index contributed by atoms with van der Waals surface area (Å²) in [7, 11) is -4.81. The Morgan fingerprint density at radius 2 is 2.22 bits per heavy atom. The number of rotatable bonds is 3. The molecule has 54 valence electrons. The van der Waals surface area contributed by atoms with E-state index in [2.05, 4.69) is 11.1 Å². The molecule has 0 saturated carbocycles. The maximum absolute atomic E-state index is 9.80. The number of phosphoric acid groups is 1. The summed E-state index contributed by atoms with van der Waals surface area (Å²) >= 11 is 0. The van der Waals surface area contributed by atoms with Crippen LogP contribution in [0.25, 0.3) is 0 Å². The average molecular weight is 150 g/mol. The van der Waals surface area contributed by atoms with Gasteiger partial charge < -0.3 is 18.9 Å². The fraction of sp³-hybridized carbons (Fsp3) is 0.500. The first-order valence-corrected chi connectivity index (χ1v) is 3.75. The largest absolute Gasteiger partial charge is 0.790 e. The molecule has 5 heteroatoms. The topological polar surface area (TPSA) is 72.4 Å². The van der Waals surface area contributed by atoms with Crippen LogP contribution in [0.1, 0.15) is 6.92 Å². The van der Waals surface area contributed by atoms with Crippen LogP contribution in [-0.2, 0) is 9.09 Å². The van der Waals surface area contributed by atoms with E-state index in [4.69, 9.17) is 0 Å². The minimum absolute atomic E-state index is 0.731. The Balaban J connectivity index is 3.74. The summed E-state index contributed by atoms with van der Waals surface area (Å²) in [5, 5.41) is 0. The molecule has 0 heterocycles. The molecule has 0 aromatic rings. The molecular weight excluding hydrogens is 143 g/mol. The molecule has 4 nitrogen and oxygen atoms in total. The van der Waals surface area contributed by atoms with Crippen molar-refractivity contribution in [3.05, 3.63) is 12.7 Å². The summed E-state index contributed by atoms with van der Waals surface area (Å²) in [5.74, 6) is 0. The Morgan fingerprint density at radius 1 is 1.78 bits per heavy atom. The lowest BCUT2D eigenvalue weighted by atomic mass is 10.4. The van der Waals surface area contributed by atoms with E-state index in [1.165, 1.54) is 13.0 Å². The van der Waals surface area contributed by atoms with Crippen molar-refractivity contribution in [2.24, 2.45) is 0 Å². The van der Waals surface area contributed by atoms with Crippen molar-refractivity contribution in [1.82, 2.24) is 0 Å². The zero-order chi connectivity index (χ0) is 7.49. The SMILES string of the molecule is C=CC(C)OP(=O)([O-])[O-]. The predicted molar refractivity (Wildman–Crippen MR) is 28.4 cm³/mol. The van der Waals surface area contributed by atoms with Crippen molar-refractivity contribution in [2.45, 2.75) is 13.0 Å². The molecule has 0 aromatic heterocycles. The molecule has 1 unspecified atom stereocenters. The first-order chi connectivity index (χ1) is 3.95. The van der Waals surface area contributed by atoms with Crippen LogP contribution < -0.4 is 9.79 Å². The van der Waals surface area contributed by atoms with Crippen LogP contribution in [-0.4, -0.2) is 6.10 Å². The highest BCUT2D eigenvalue weighted by Gasteiger charge is 1.96. The van der Waals surface area contributed by atoms with Crippen LogP contribution in [0, 0.1) is 0 Å². The third-order valence-electron chi connectivity index (χ3n) is 0.627. The van der Waals surface area contributed by atoms with Gasteiger partial charge in [0, 0.05) is 0 Å². The predicted octanol–water partition coefficient (Wildman–Crippen LogP) is -0.594. The second kappa shape index (κ2) is 3.13. The minimum atomic E-state index is -4.81. The van der Waals surface area contributed by atoms with Crippen molar-refractivity contribution in [2.75, 3.05) is 0 Å². The lowest BCUT2D eigenvalue weighted by Crippen LogP contribution is -2.19. The van der Waals surface area contributed by atoms with Gasteiger partial charge in [-0.15, -0.1) is 6.58 Å². The fourth-order valence-electron chi connectivity index (χ4n) is 0.247. The van der Waals surface area contributed by atoms with Gasteiger partial charge in [0.1, 0.15) is 0 Å².